The zero-order valence-corrected chi connectivity index (χ0v) is 22.5. The van der Waals surface area contributed by atoms with Gasteiger partial charge in [0.2, 0.25) is 10.0 Å². The van der Waals surface area contributed by atoms with Crippen molar-refractivity contribution < 1.29 is 31.1 Å². The minimum absolute atomic E-state index is 0.0849. The van der Waals surface area contributed by atoms with E-state index < -0.39 is 27.7 Å². The molecule has 0 fully saturated rings. The summed E-state index contributed by atoms with van der Waals surface area (Å²) < 4.78 is 72.3. The van der Waals surface area contributed by atoms with E-state index in [4.69, 9.17) is 10.00 Å². The highest BCUT2D eigenvalue weighted by atomic mass is 32.2. The van der Waals surface area contributed by atoms with Gasteiger partial charge in [0.1, 0.15) is 12.4 Å². The van der Waals surface area contributed by atoms with E-state index in [1.807, 2.05) is 6.07 Å². The monoisotopic (exact) mass is 579 g/mol. The van der Waals surface area contributed by atoms with Crippen LogP contribution in [0.3, 0.4) is 0 Å². The van der Waals surface area contributed by atoms with Gasteiger partial charge in [0.05, 0.1) is 28.6 Å². The van der Waals surface area contributed by atoms with Crippen LogP contribution >= 0.6 is 0 Å². The minimum Gasteiger partial charge on any atom is -0.487 e. The predicted octanol–water partition coefficient (Wildman–Crippen LogP) is 6.37. The maximum atomic E-state index is 13.2. The highest BCUT2D eigenvalue weighted by molar-refractivity contribution is 7.92. The predicted molar refractivity (Wildman–Crippen MR) is 149 cm³/mol. The van der Waals surface area contributed by atoms with Crippen molar-refractivity contribution in [3.8, 4) is 11.8 Å². The minimum atomic E-state index is -4.48. The Bertz CT molecular complexity index is 1670. The Hall–Kier alpha value is -4.82. The molecule has 4 rings (SSSR count). The summed E-state index contributed by atoms with van der Waals surface area (Å²) in [5.74, 6) is -0.664. The van der Waals surface area contributed by atoms with Crippen molar-refractivity contribution in [1.82, 2.24) is 0 Å². The highest BCUT2D eigenvalue weighted by Crippen LogP contribution is 2.34. The Kier molecular flexibility index (Phi) is 8.64. The molecule has 1 amide bonds. The van der Waals surface area contributed by atoms with Crippen LogP contribution in [-0.2, 0) is 28.6 Å². The molecule has 41 heavy (non-hydrogen) atoms. The fourth-order valence-corrected chi connectivity index (χ4v) is 5.11. The molecule has 0 radical (unpaired) electrons. The van der Waals surface area contributed by atoms with E-state index in [-0.39, 0.29) is 23.8 Å². The second kappa shape index (κ2) is 12.1. The van der Waals surface area contributed by atoms with Gasteiger partial charge in [-0.25, -0.2) is 8.42 Å². The van der Waals surface area contributed by atoms with Gasteiger partial charge in [0.15, 0.2) is 0 Å². The van der Waals surface area contributed by atoms with E-state index in [2.05, 4.69) is 5.32 Å². The number of rotatable bonds is 9. The van der Waals surface area contributed by atoms with Crippen LogP contribution in [0.4, 0.5) is 24.5 Å². The van der Waals surface area contributed by atoms with Gasteiger partial charge in [-0.05, 0) is 59.7 Å². The number of anilines is 2. The number of alkyl halides is 3. The molecule has 0 bridgehead atoms. The van der Waals surface area contributed by atoms with Crippen LogP contribution in [0.25, 0.3) is 0 Å². The van der Waals surface area contributed by atoms with Crippen LogP contribution < -0.4 is 14.4 Å². The Labute approximate surface area is 235 Å². The Balaban J connectivity index is 1.61. The average molecular weight is 580 g/mol. The van der Waals surface area contributed by atoms with Gasteiger partial charge in [0.25, 0.3) is 5.91 Å². The normalized spacial score (nSPS) is 11.4. The summed E-state index contributed by atoms with van der Waals surface area (Å²) in [6, 6.07) is 25.4. The molecule has 0 aliphatic rings. The van der Waals surface area contributed by atoms with Crippen LogP contribution in [0.2, 0.25) is 0 Å². The van der Waals surface area contributed by atoms with Gasteiger partial charge in [-0.15, -0.1) is 0 Å². The summed E-state index contributed by atoms with van der Waals surface area (Å²) in [7, 11) is -2.50. The number of halogens is 3. The highest BCUT2D eigenvalue weighted by Gasteiger charge is 2.30. The van der Waals surface area contributed by atoms with Gasteiger partial charge in [0, 0.05) is 24.4 Å². The van der Waals surface area contributed by atoms with Gasteiger partial charge in [-0.1, -0.05) is 42.5 Å². The quantitative estimate of drug-likeness (QED) is 0.248. The smallest absolute Gasteiger partial charge is 0.416 e. The molecule has 0 aromatic heterocycles. The number of sulfonamides is 1. The lowest BCUT2D eigenvalue weighted by Crippen LogP contribution is -2.28. The van der Waals surface area contributed by atoms with Crippen molar-refractivity contribution in [3.63, 3.8) is 0 Å². The molecule has 0 aliphatic carbocycles. The topological polar surface area (TPSA) is 99.5 Å². The number of hydrogen-bond donors (Lipinski definition) is 1. The lowest BCUT2D eigenvalue weighted by molar-refractivity contribution is -0.137. The number of nitrogens with zero attached hydrogens (tertiary/aromatic N) is 2. The molecule has 7 nitrogen and oxygen atoms in total. The molecule has 0 saturated heterocycles. The Morgan fingerprint density at radius 2 is 1.59 bits per heavy atom. The molecule has 0 heterocycles. The van der Waals surface area contributed by atoms with E-state index in [1.54, 1.807) is 30.3 Å². The lowest BCUT2D eigenvalue weighted by Gasteiger charge is -2.23. The summed E-state index contributed by atoms with van der Waals surface area (Å²) in [4.78, 5) is 12.8. The SMILES string of the molecule is CN(c1ccc(NC(=O)c2ccc(C#N)cc2)cc1OCc1ccc(C(F)(F)F)cc1)S(=O)(=O)Cc1ccccc1. The molecule has 0 atom stereocenters. The molecule has 4 aromatic rings. The zero-order valence-electron chi connectivity index (χ0n) is 21.7. The molecule has 11 heteroatoms. The number of amides is 1. The second-order valence-electron chi connectivity index (χ2n) is 9.02. The van der Waals surface area contributed by atoms with E-state index >= 15 is 0 Å². The van der Waals surface area contributed by atoms with Crippen LogP contribution in [0.1, 0.15) is 32.6 Å². The molecule has 0 saturated carbocycles. The van der Waals surface area contributed by atoms with Crippen molar-refractivity contribution in [2.75, 3.05) is 16.7 Å². The molecule has 210 valence electrons. The summed E-state index contributed by atoms with van der Waals surface area (Å²) in [6.07, 6.45) is -4.48. The largest absolute Gasteiger partial charge is 0.487 e. The van der Waals surface area contributed by atoms with Crippen LogP contribution in [-0.4, -0.2) is 21.4 Å². The number of hydrogen-bond acceptors (Lipinski definition) is 5. The van der Waals surface area contributed by atoms with Gasteiger partial charge >= 0.3 is 6.18 Å². The number of nitriles is 1. The second-order valence-corrected chi connectivity index (χ2v) is 11.0. The number of carbonyl (C=O) groups excluding carboxylic acids is 1. The third-order valence-electron chi connectivity index (χ3n) is 6.12. The summed E-state index contributed by atoms with van der Waals surface area (Å²) >= 11 is 0. The maximum absolute atomic E-state index is 13.2. The first kappa shape index (κ1) is 29.2. The third kappa shape index (κ3) is 7.43. The van der Waals surface area contributed by atoms with Crippen molar-refractivity contribution in [3.05, 3.63) is 125 Å². The first-order valence-corrected chi connectivity index (χ1v) is 13.8. The lowest BCUT2D eigenvalue weighted by atomic mass is 10.1. The number of ether oxygens (including phenoxy) is 1. The molecule has 1 N–H and O–H groups in total. The van der Waals surface area contributed by atoms with E-state index in [0.717, 1.165) is 16.4 Å². The maximum Gasteiger partial charge on any atom is 0.416 e. The van der Waals surface area contributed by atoms with Crippen molar-refractivity contribution >= 4 is 27.3 Å². The fourth-order valence-electron chi connectivity index (χ4n) is 3.85. The first-order chi connectivity index (χ1) is 19.5. The fraction of sp³-hybridized carbons (Fsp3) is 0.133. The van der Waals surface area contributed by atoms with E-state index in [1.165, 1.54) is 61.6 Å². The molecule has 4 aromatic carbocycles. The zero-order chi connectivity index (χ0) is 29.6. The van der Waals surface area contributed by atoms with Gasteiger partial charge in [-0.3, -0.25) is 9.10 Å². The van der Waals surface area contributed by atoms with Crippen molar-refractivity contribution in [1.29, 1.82) is 5.26 Å². The van der Waals surface area contributed by atoms with Gasteiger partial charge < -0.3 is 10.1 Å². The molecule has 0 spiro atoms. The summed E-state index contributed by atoms with van der Waals surface area (Å²) in [5, 5.41) is 11.7. The Morgan fingerprint density at radius 1 is 0.927 bits per heavy atom. The number of benzene rings is 4. The molecular formula is C30H24F3N3O4S. The van der Waals surface area contributed by atoms with E-state index in [9.17, 15) is 26.4 Å². The van der Waals surface area contributed by atoms with E-state index in [0.29, 0.717) is 27.9 Å². The summed E-state index contributed by atoms with van der Waals surface area (Å²) in [6.45, 7) is -0.162. The number of carbonyl (C=O) groups is 1. The van der Waals surface area contributed by atoms with Crippen LogP contribution in [0.15, 0.2) is 97.1 Å². The summed E-state index contributed by atoms with van der Waals surface area (Å²) in [5.41, 5.74) is 1.35. The molecular weight excluding hydrogens is 555 g/mol. The van der Waals surface area contributed by atoms with Crippen LogP contribution in [0, 0.1) is 11.3 Å². The molecule has 0 unspecified atom stereocenters. The first-order valence-electron chi connectivity index (χ1n) is 12.2. The third-order valence-corrected chi connectivity index (χ3v) is 7.85. The Morgan fingerprint density at radius 3 is 2.20 bits per heavy atom. The average Bonchev–Trinajstić information content (AvgIpc) is 2.96. The molecule has 0 aliphatic heterocycles. The van der Waals surface area contributed by atoms with Gasteiger partial charge in [-0.2, -0.15) is 18.4 Å². The standard InChI is InChI=1S/C30H24F3N3O4S/c1-36(41(38,39)20-23-5-3-2-4-6-23)27-16-15-26(35-29(37)24-11-7-21(18-34)8-12-24)17-28(27)40-19-22-9-13-25(14-10-22)30(31,32)33/h2-17H,19-20H2,1H3,(H,35,37). The number of nitrogens with one attached hydrogen (secondary N) is 1. The van der Waals surface area contributed by atoms with Crippen LogP contribution in [0.5, 0.6) is 5.75 Å². The van der Waals surface area contributed by atoms with Crippen molar-refractivity contribution in [2.45, 2.75) is 18.5 Å². The van der Waals surface area contributed by atoms with Crippen molar-refractivity contribution in [2.24, 2.45) is 0 Å².